The molecule has 2 aromatic carbocycles. The number of sulfonamides is 1. The molecule has 0 saturated heterocycles. The highest BCUT2D eigenvalue weighted by molar-refractivity contribution is 7.89. The standard InChI is InChI=1S/C20H26N2O5S/c1-12-9-13(2)19(14(3)10-12)21-20(23)15(4)22-28(24,25)16-7-8-17(26-5)18(11-16)27-6/h7-11,15,22H,1-6H3,(H,21,23)/t15-/m1/s1. The number of carbonyl (C=O) groups excluding carboxylic acids is 1. The van der Waals surface area contributed by atoms with Crippen molar-refractivity contribution in [2.45, 2.75) is 38.6 Å². The number of ether oxygens (including phenoxy) is 2. The van der Waals surface area contributed by atoms with Crippen LogP contribution in [0.15, 0.2) is 35.2 Å². The van der Waals surface area contributed by atoms with E-state index in [1.807, 2.05) is 32.9 Å². The van der Waals surface area contributed by atoms with Crippen molar-refractivity contribution < 1.29 is 22.7 Å². The number of amides is 1. The first kappa shape index (κ1) is 21.7. The maximum atomic E-state index is 12.7. The first-order chi connectivity index (χ1) is 13.1. The third-order valence-corrected chi connectivity index (χ3v) is 5.85. The smallest absolute Gasteiger partial charge is 0.242 e. The Morgan fingerprint density at radius 2 is 1.54 bits per heavy atom. The first-order valence-electron chi connectivity index (χ1n) is 8.72. The van der Waals surface area contributed by atoms with Gasteiger partial charge >= 0.3 is 0 Å². The fourth-order valence-electron chi connectivity index (χ4n) is 2.95. The van der Waals surface area contributed by atoms with Gasteiger partial charge in [-0.15, -0.1) is 0 Å². The molecule has 2 rings (SSSR count). The molecule has 1 amide bonds. The maximum Gasteiger partial charge on any atom is 0.242 e. The van der Waals surface area contributed by atoms with Gasteiger partial charge in [-0.3, -0.25) is 4.79 Å². The minimum atomic E-state index is -3.93. The molecule has 0 spiro atoms. The molecule has 0 aliphatic rings. The van der Waals surface area contributed by atoms with Crippen molar-refractivity contribution in [3.05, 3.63) is 47.0 Å². The molecule has 8 heteroatoms. The largest absolute Gasteiger partial charge is 0.493 e. The third-order valence-electron chi connectivity index (χ3n) is 4.32. The topological polar surface area (TPSA) is 93.7 Å². The van der Waals surface area contributed by atoms with E-state index in [9.17, 15) is 13.2 Å². The van der Waals surface area contributed by atoms with Crippen LogP contribution in [0, 0.1) is 20.8 Å². The van der Waals surface area contributed by atoms with Crippen LogP contribution in [-0.4, -0.2) is 34.6 Å². The maximum absolute atomic E-state index is 12.7. The first-order valence-corrected chi connectivity index (χ1v) is 10.2. The minimum Gasteiger partial charge on any atom is -0.493 e. The zero-order valence-electron chi connectivity index (χ0n) is 16.9. The molecule has 152 valence electrons. The number of hydrogen-bond donors (Lipinski definition) is 2. The van der Waals surface area contributed by atoms with Crippen LogP contribution in [0.25, 0.3) is 0 Å². The zero-order valence-corrected chi connectivity index (χ0v) is 17.7. The highest BCUT2D eigenvalue weighted by atomic mass is 32.2. The highest BCUT2D eigenvalue weighted by Crippen LogP contribution is 2.29. The molecule has 0 heterocycles. The molecular formula is C20H26N2O5S. The van der Waals surface area contributed by atoms with Gasteiger partial charge in [-0.25, -0.2) is 8.42 Å². The van der Waals surface area contributed by atoms with Gasteiger partial charge in [-0.1, -0.05) is 17.7 Å². The van der Waals surface area contributed by atoms with Gasteiger partial charge in [0.05, 0.1) is 25.2 Å². The van der Waals surface area contributed by atoms with E-state index in [0.717, 1.165) is 16.7 Å². The van der Waals surface area contributed by atoms with E-state index in [1.165, 1.54) is 39.3 Å². The van der Waals surface area contributed by atoms with Crippen molar-refractivity contribution in [3.8, 4) is 11.5 Å². The summed E-state index contributed by atoms with van der Waals surface area (Å²) >= 11 is 0. The molecule has 0 aliphatic heterocycles. The molecule has 0 bridgehead atoms. The van der Waals surface area contributed by atoms with Crippen molar-refractivity contribution in [2.75, 3.05) is 19.5 Å². The summed E-state index contributed by atoms with van der Waals surface area (Å²) < 4.78 is 38.0. The van der Waals surface area contributed by atoms with Crippen molar-refractivity contribution in [1.29, 1.82) is 0 Å². The van der Waals surface area contributed by atoms with Gasteiger partial charge in [-0.2, -0.15) is 4.72 Å². The number of nitrogens with one attached hydrogen (secondary N) is 2. The van der Waals surface area contributed by atoms with Gasteiger partial charge in [0, 0.05) is 11.8 Å². The second-order valence-corrected chi connectivity index (χ2v) is 8.34. The van der Waals surface area contributed by atoms with Gasteiger partial charge in [-0.05, 0) is 51.0 Å². The van der Waals surface area contributed by atoms with Crippen LogP contribution in [0.4, 0.5) is 5.69 Å². The average molecular weight is 407 g/mol. The van der Waals surface area contributed by atoms with Gasteiger partial charge < -0.3 is 14.8 Å². The van der Waals surface area contributed by atoms with E-state index in [0.29, 0.717) is 11.4 Å². The molecule has 1 atom stereocenters. The Morgan fingerprint density at radius 1 is 0.964 bits per heavy atom. The Kier molecular flexibility index (Phi) is 6.69. The number of rotatable bonds is 7. The summed E-state index contributed by atoms with van der Waals surface area (Å²) in [5, 5.41) is 2.81. The monoisotopic (exact) mass is 406 g/mol. The molecule has 0 aliphatic carbocycles. The molecule has 0 fully saturated rings. The van der Waals surface area contributed by atoms with Crippen LogP contribution in [-0.2, 0) is 14.8 Å². The second-order valence-electron chi connectivity index (χ2n) is 6.62. The number of anilines is 1. The Hall–Kier alpha value is -2.58. The molecule has 0 saturated carbocycles. The fourth-order valence-corrected chi connectivity index (χ4v) is 4.16. The second kappa shape index (κ2) is 8.62. The predicted molar refractivity (Wildman–Crippen MR) is 109 cm³/mol. The van der Waals surface area contributed by atoms with E-state index in [1.54, 1.807) is 0 Å². The Labute approximate surface area is 166 Å². The fraction of sp³-hybridized carbons (Fsp3) is 0.350. The lowest BCUT2D eigenvalue weighted by Gasteiger charge is -2.18. The minimum absolute atomic E-state index is 0.0208. The van der Waals surface area contributed by atoms with E-state index < -0.39 is 22.0 Å². The normalized spacial score (nSPS) is 12.4. The van der Waals surface area contributed by atoms with Crippen molar-refractivity contribution in [3.63, 3.8) is 0 Å². The molecule has 7 nitrogen and oxygen atoms in total. The summed E-state index contributed by atoms with van der Waals surface area (Å²) in [6.07, 6.45) is 0. The van der Waals surface area contributed by atoms with Gasteiger partial charge in [0.1, 0.15) is 0 Å². The summed E-state index contributed by atoms with van der Waals surface area (Å²) in [7, 11) is -1.04. The van der Waals surface area contributed by atoms with Gasteiger partial charge in [0.2, 0.25) is 15.9 Å². The summed E-state index contributed by atoms with van der Waals surface area (Å²) in [5.74, 6) is 0.255. The predicted octanol–water partition coefficient (Wildman–Crippen LogP) is 2.93. The van der Waals surface area contributed by atoms with Crippen molar-refractivity contribution in [1.82, 2.24) is 4.72 Å². The lowest BCUT2D eigenvalue weighted by atomic mass is 10.0. The highest BCUT2D eigenvalue weighted by Gasteiger charge is 2.24. The van der Waals surface area contributed by atoms with Crippen LogP contribution in [0.3, 0.4) is 0 Å². The van der Waals surface area contributed by atoms with Crippen molar-refractivity contribution >= 4 is 21.6 Å². The van der Waals surface area contributed by atoms with Crippen LogP contribution in [0.1, 0.15) is 23.6 Å². The number of methoxy groups -OCH3 is 2. The Balaban J connectivity index is 2.19. The number of benzene rings is 2. The van der Waals surface area contributed by atoms with Crippen LogP contribution in [0.2, 0.25) is 0 Å². The molecule has 2 aromatic rings. The van der Waals surface area contributed by atoms with Gasteiger partial charge in [0.25, 0.3) is 0 Å². The zero-order chi connectivity index (χ0) is 21.1. The van der Waals surface area contributed by atoms with E-state index in [4.69, 9.17) is 9.47 Å². The number of aryl methyl sites for hydroxylation is 3. The molecular weight excluding hydrogens is 380 g/mol. The molecule has 0 radical (unpaired) electrons. The molecule has 0 unspecified atom stereocenters. The van der Waals surface area contributed by atoms with E-state index >= 15 is 0 Å². The summed E-state index contributed by atoms with van der Waals surface area (Å²) in [6.45, 7) is 7.26. The lowest BCUT2D eigenvalue weighted by molar-refractivity contribution is -0.117. The molecule has 0 aromatic heterocycles. The summed E-state index contributed by atoms with van der Waals surface area (Å²) in [6, 6.07) is 7.18. The molecule has 2 N–H and O–H groups in total. The van der Waals surface area contributed by atoms with E-state index in [2.05, 4.69) is 10.0 Å². The van der Waals surface area contributed by atoms with Crippen LogP contribution in [0.5, 0.6) is 11.5 Å². The van der Waals surface area contributed by atoms with Crippen LogP contribution >= 0.6 is 0 Å². The van der Waals surface area contributed by atoms with Gasteiger partial charge in [0.15, 0.2) is 11.5 Å². The number of hydrogen-bond acceptors (Lipinski definition) is 5. The lowest BCUT2D eigenvalue weighted by Crippen LogP contribution is -2.41. The van der Waals surface area contributed by atoms with E-state index in [-0.39, 0.29) is 10.6 Å². The van der Waals surface area contributed by atoms with Crippen LogP contribution < -0.4 is 19.5 Å². The third kappa shape index (κ3) is 4.82. The average Bonchev–Trinajstić information content (AvgIpc) is 2.63. The van der Waals surface area contributed by atoms with Crippen molar-refractivity contribution in [2.24, 2.45) is 0 Å². The molecule has 28 heavy (non-hydrogen) atoms. The SMILES string of the molecule is COc1ccc(S(=O)(=O)N[C@H](C)C(=O)Nc2c(C)cc(C)cc2C)cc1OC. The Morgan fingerprint density at radius 3 is 2.07 bits per heavy atom. The Bertz CT molecular complexity index is 963. The number of carbonyl (C=O) groups is 1. The summed E-state index contributed by atoms with van der Waals surface area (Å²) in [4.78, 5) is 12.5. The summed E-state index contributed by atoms with van der Waals surface area (Å²) in [5.41, 5.74) is 3.62. The quantitative estimate of drug-likeness (QED) is 0.737.